The van der Waals surface area contributed by atoms with Crippen LogP contribution < -0.4 is 77.8 Å². The zero-order valence-corrected chi connectivity index (χ0v) is 43.8. The van der Waals surface area contributed by atoms with Gasteiger partial charge in [0.2, 0.25) is 0 Å². The number of nitrogens with zero attached hydrogens (tertiary/aromatic N) is 12. The summed E-state index contributed by atoms with van der Waals surface area (Å²) in [5.41, 5.74) is 15.1. The minimum absolute atomic E-state index is 0. The highest BCUT2D eigenvalue weighted by Gasteiger charge is 2.12. The van der Waals surface area contributed by atoms with E-state index in [0.717, 1.165) is 101 Å². The van der Waals surface area contributed by atoms with Crippen LogP contribution in [0, 0.1) is 0 Å². The molecule has 0 aliphatic carbocycles. The Morgan fingerprint density at radius 1 is 0.485 bits per heavy atom. The van der Waals surface area contributed by atoms with Crippen molar-refractivity contribution in [2.75, 3.05) is 66.9 Å². The lowest BCUT2D eigenvalue weighted by Crippen LogP contribution is -3.00. The van der Waals surface area contributed by atoms with Gasteiger partial charge >= 0.3 is 17.8 Å². The number of benzene rings is 3. The van der Waals surface area contributed by atoms with Crippen LogP contribution in [0.1, 0.15) is 0 Å². The maximum atomic E-state index is 5.25. The van der Waals surface area contributed by atoms with Crippen LogP contribution in [0.15, 0.2) is 141 Å². The van der Waals surface area contributed by atoms with Gasteiger partial charge < -0.3 is 64.1 Å². The second-order valence-corrected chi connectivity index (χ2v) is 19.0. The van der Waals surface area contributed by atoms with E-state index in [1.54, 1.807) is 28.7 Å². The molecule has 6 rings (SSSR count). The summed E-state index contributed by atoms with van der Waals surface area (Å²) < 4.78 is 16.6. The molecular weight excluding hydrogens is 979 g/mol. The third-order valence-electron chi connectivity index (χ3n) is 8.60. The van der Waals surface area contributed by atoms with Crippen molar-refractivity contribution in [1.29, 1.82) is 0 Å². The number of hydrogen-bond acceptors (Lipinski definition) is 15. The first kappa shape index (κ1) is 59.7. The number of anilines is 2. The van der Waals surface area contributed by atoms with Crippen LogP contribution in [0.25, 0.3) is 0 Å². The van der Waals surface area contributed by atoms with E-state index in [0.29, 0.717) is 0 Å². The molecule has 6 N–H and O–H groups in total. The Morgan fingerprint density at radius 2 is 0.788 bits per heavy atom. The molecular formula is C42H61Cl3N16OS4. The number of aryl methyl sites for hydroxylation is 6. The molecule has 0 amide bonds. The van der Waals surface area contributed by atoms with E-state index in [9.17, 15) is 0 Å². The fourth-order valence-electron chi connectivity index (χ4n) is 5.22. The van der Waals surface area contributed by atoms with Crippen molar-refractivity contribution in [3.63, 3.8) is 0 Å². The van der Waals surface area contributed by atoms with E-state index >= 15 is 0 Å². The molecule has 0 radical (unpaired) electrons. The number of halogens is 3. The number of aromatic nitrogens is 6. The monoisotopic (exact) mass is 1040 g/mol. The molecule has 0 bridgehead atoms. The van der Waals surface area contributed by atoms with Crippen molar-refractivity contribution in [1.82, 2.24) is 13.7 Å². The number of azo groups is 3. The van der Waals surface area contributed by atoms with E-state index in [2.05, 4.69) is 41.3 Å². The molecule has 0 unspecified atom stereocenters. The van der Waals surface area contributed by atoms with Gasteiger partial charge in [0.05, 0.1) is 86.6 Å². The molecule has 6 aromatic rings. The van der Waals surface area contributed by atoms with E-state index in [1.165, 1.54) is 0 Å². The fraction of sp³-hybridized carbons (Fsp3) is 0.357. The molecule has 0 saturated carbocycles. The number of nitrogens with two attached hydrogens (primary N) is 2. The number of ether oxygens (including phenoxy) is 1. The Morgan fingerprint density at radius 3 is 1.06 bits per heavy atom. The summed E-state index contributed by atoms with van der Waals surface area (Å²) in [6.45, 7) is 3.34. The maximum Gasteiger partial charge on any atom is 0.421 e. The van der Waals surface area contributed by atoms with E-state index in [1.807, 2.05) is 201 Å². The van der Waals surface area contributed by atoms with Crippen LogP contribution >= 0.6 is 43.2 Å². The Bertz CT molecular complexity index is 2140. The van der Waals surface area contributed by atoms with Gasteiger partial charge in [-0.15, -0.1) is 0 Å². The summed E-state index contributed by atoms with van der Waals surface area (Å²) in [4.78, 5) is 0. The highest BCUT2D eigenvalue weighted by Crippen LogP contribution is 2.24. The first-order valence-corrected chi connectivity index (χ1v) is 25.1. The predicted molar refractivity (Wildman–Crippen MR) is 263 cm³/mol. The van der Waals surface area contributed by atoms with Crippen LogP contribution in [0.4, 0.5) is 46.3 Å². The first-order chi connectivity index (χ1) is 30.6. The molecule has 360 valence electrons. The standard InChI is InChI=1S/C26H32N10S2.C12H15N4O.C4H12N2S2.3ClH/c1-33-15-16-34(2)25(33)31-29-23-9-5-21(6-10-23)27-13-19-37-38-20-14-28-22-7-11-24(12-8-22)30-32-26-35(3)17-18-36(26)4;1-15-8-9-16(2)12(15)14-13-10-4-6-11(17-3)7-5-10;5-1-3-7-8-4-2-6;;;/h5-12,15-18H,13-14,19-20H2,1-4H3;4-9H,1-3H3;1-6H2;3*1H/q;+1;;;;/p-1. The lowest BCUT2D eigenvalue weighted by Gasteiger charge is -2.07. The second-order valence-electron chi connectivity index (χ2n) is 13.6. The fourth-order valence-corrected chi connectivity index (χ4v) is 8.75. The van der Waals surface area contributed by atoms with E-state index in [4.69, 9.17) is 16.2 Å². The number of imidazole rings is 3. The first-order valence-electron chi connectivity index (χ1n) is 20.1. The van der Waals surface area contributed by atoms with Crippen LogP contribution in [0.3, 0.4) is 0 Å². The smallest absolute Gasteiger partial charge is 0.421 e. The van der Waals surface area contributed by atoms with E-state index < -0.39 is 0 Å². The summed E-state index contributed by atoms with van der Waals surface area (Å²) in [5, 5.41) is 32.6. The molecule has 0 aliphatic heterocycles. The minimum Gasteiger partial charge on any atom is -1.00 e. The number of methoxy groups -OCH3 is 1. The molecule has 0 spiro atoms. The quantitative estimate of drug-likeness (QED) is 0.0314. The normalized spacial score (nSPS) is 10.7. The molecule has 3 aromatic carbocycles. The van der Waals surface area contributed by atoms with Crippen molar-refractivity contribution in [2.45, 2.75) is 0 Å². The van der Waals surface area contributed by atoms with Crippen molar-refractivity contribution < 1.29 is 55.7 Å². The number of nitrogens with one attached hydrogen (secondary N) is 2. The molecule has 0 saturated heterocycles. The molecule has 24 heteroatoms. The Labute approximate surface area is 423 Å². The molecule has 17 nitrogen and oxygen atoms in total. The zero-order valence-electron chi connectivity index (χ0n) is 38.2. The summed E-state index contributed by atoms with van der Waals surface area (Å²) in [5.74, 6) is 7.31. The van der Waals surface area contributed by atoms with Gasteiger partial charge in [-0.2, -0.15) is 0 Å². The van der Waals surface area contributed by atoms with Crippen molar-refractivity contribution in [3.8, 4) is 5.75 Å². The van der Waals surface area contributed by atoms with Gasteiger partial charge in [-0.3, -0.25) is 0 Å². The molecule has 0 atom stereocenters. The number of rotatable bonds is 21. The molecule has 0 fully saturated rings. The van der Waals surface area contributed by atoms with Gasteiger partial charge in [0, 0.05) is 75.9 Å². The zero-order chi connectivity index (χ0) is 45.2. The summed E-state index contributed by atoms with van der Waals surface area (Å²) in [6.07, 6.45) is 11.7. The van der Waals surface area contributed by atoms with Gasteiger partial charge in [0.25, 0.3) is 0 Å². The van der Waals surface area contributed by atoms with Crippen molar-refractivity contribution >= 4 is 89.5 Å². The van der Waals surface area contributed by atoms with Crippen LogP contribution in [-0.4, -0.2) is 70.0 Å². The van der Waals surface area contributed by atoms with Crippen LogP contribution in [0.2, 0.25) is 0 Å². The SMILES string of the molecule is COc1ccc(N=Nc2n(C)cc[n+]2C)cc1.Cn1cc[n+](C)c1N=Nc1ccc(NCCSSCCNc2ccc(N=Nc3n(C)cc[n+]3C)cc2)cc1.NCCSSCCN.[Cl-].[Cl-].[Cl-]. The number of hydrogen-bond donors (Lipinski definition) is 4. The lowest BCUT2D eigenvalue weighted by atomic mass is 10.3. The second kappa shape index (κ2) is 34.0. The predicted octanol–water partition coefficient (Wildman–Crippen LogP) is -0.680. The van der Waals surface area contributed by atoms with Crippen LogP contribution in [0.5, 0.6) is 5.75 Å². The van der Waals surface area contributed by atoms with Gasteiger partial charge in [-0.25, -0.2) is 27.4 Å². The Kier molecular flexibility index (Phi) is 30.8. The summed E-state index contributed by atoms with van der Waals surface area (Å²) in [7, 11) is 20.6. The highest BCUT2D eigenvalue weighted by atomic mass is 35.5. The third kappa shape index (κ3) is 21.5. The molecule has 66 heavy (non-hydrogen) atoms. The van der Waals surface area contributed by atoms with Crippen molar-refractivity contribution in [3.05, 3.63) is 110 Å². The Balaban J connectivity index is 0.000000644. The van der Waals surface area contributed by atoms with Crippen molar-refractivity contribution in [2.24, 2.45) is 84.4 Å². The summed E-state index contributed by atoms with van der Waals surface area (Å²) >= 11 is 0. The van der Waals surface area contributed by atoms with E-state index in [-0.39, 0.29) is 37.2 Å². The summed E-state index contributed by atoms with van der Waals surface area (Å²) in [6, 6.07) is 23.5. The average molecular weight is 1040 g/mol. The third-order valence-corrected chi connectivity index (χ3v) is 13.5. The largest absolute Gasteiger partial charge is 1.00 e. The van der Waals surface area contributed by atoms with Gasteiger partial charge in [-0.05, 0) is 72.8 Å². The molecule has 0 aliphatic rings. The Hall–Kier alpha value is -4.32. The molecule has 3 aromatic heterocycles. The van der Waals surface area contributed by atoms with Gasteiger partial charge in [0.15, 0.2) is 0 Å². The highest BCUT2D eigenvalue weighted by molar-refractivity contribution is 8.77. The minimum atomic E-state index is 0. The topological polar surface area (TPSA) is 186 Å². The van der Waals surface area contributed by atoms with Gasteiger partial charge in [-0.1, -0.05) is 58.5 Å². The maximum absolute atomic E-state index is 5.25. The lowest BCUT2D eigenvalue weighted by molar-refractivity contribution is -0.657. The molecule has 3 heterocycles. The average Bonchev–Trinajstić information content (AvgIpc) is 3.93. The van der Waals surface area contributed by atoms with Gasteiger partial charge in [0.1, 0.15) is 22.8 Å². The van der Waals surface area contributed by atoms with Crippen LogP contribution in [-0.2, 0) is 42.3 Å².